The van der Waals surface area contributed by atoms with Crippen LogP contribution in [-0.4, -0.2) is 25.0 Å². The van der Waals surface area contributed by atoms with E-state index in [4.69, 9.17) is 0 Å². The van der Waals surface area contributed by atoms with Crippen molar-refractivity contribution < 1.29 is 4.79 Å². The smallest absolute Gasteiger partial charge is 0.223 e. The van der Waals surface area contributed by atoms with E-state index in [0.29, 0.717) is 12.0 Å². The van der Waals surface area contributed by atoms with Crippen molar-refractivity contribution in [2.75, 3.05) is 13.1 Å². The van der Waals surface area contributed by atoms with Crippen molar-refractivity contribution in [1.29, 1.82) is 0 Å². The summed E-state index contributed by atoms with van der Waals surface area (Å²) in [6.07, 6.45) is 3.58. The van der Waals surface area contributed by atoms with E-state index in [1.54, 1.807) is 0 Å². The van der Waals surface area contributed by atoms with Crippen molar-refractivity contribution in [3.63, 3.8) is 0 Å². The van der Waals surface area contributed by atoms with Crippen LogP contribution in [0.4, 0.5) is 0 Å². The number of rotatable bonds is 3. The molecule has 0 spiro atoms. The Morgan fingerprint density at radius 3 is 2.77 bits per heavy atom. The van der Waals surface area contributed by atoms with Crippen LogP contribution in [0.3, 0.4) is 0 Å². The van der Waals surface area contributed by atoms with Crippen LogP contribution >= 0.6 is 0 Å². The van der Waals surface area contributed by atoms with E-state index in [1.807, 2.05) is 0 Å². The van der Waals surface area contributed by atoms with Gasteiger partial charge in [-0.25, -0.2) is 0 Å². The maximum atomic E-state index is 11.6. The highest BCUT2D eigenvalue weighted by molar-refractivity contribution is 5.79. The third-order valence-corrected chi connectivity index (χ3v) is 3.15. The zero-order valence-corrected chi connectivity index (χ0v) is 8.18. The molecule has 3 nitrogen and oxygen atoms in total. The Labute approximate surface area is 79.3 Å². The molecule has 1 aliphatic carbocycles. The highest BCUT2D eigenvalue weighted by atomic mass is 16.1. The SMILES string of the molecule is CC(C(=O)N[C@H]1CCNC1)C1CC1. The van der Waals surface area contributed by atoms with Gasteiger partial charge in [-0.1, -0.05) is 6.92 Å². The first-order chi connectivity index (χ1) is 6.27. The summed E-state index contributed by atoms with van der Waals surface area (Å²) in [6, 6.07) is 0.383. The lowest BCUT2D eigenvalue weighted by molar-refractivity contribution is -0.125. The van der Waals surface area contributed by atoms with Crippen LogP contribution in [0.2, 0.25) is 0 Å². The molecule has 1 heterocycles. The topological polar surface area (TPSA) is 41.1 Å². The predicted octanol–water partition coefficient (Wildman–Crippen LogP) is 0.511. The summed E-state index contributed by atoms with van der Waals surface area (Å²) in [4.78, 5) is 11.6. The van der Waals surface area contributed by atoms with E-state index in [1.165, 1.54) is 12.8 Å². The zero-order chi connectivity index (χ0) is 9.26. The molecule has 0 aromatic heterocycles. The number of hydrogen-bond donors (Lipinski definition) is 2. The zero-order valence-electron chi connectivity index (χ0n) is 8.18. The minimum absolute atomic E-state index is 0.237. The van der Waals surface area contributed by atoms with Crippen molar-refractivity contribution in [3.05, 3.63) is 0 Å². The van der Waals surface area contributed by atoms with Gasteiger partial charge < -0.3 is 10.6 Å². The third-order valence-electron chi connectivity index (χ3n) is 3.15. The van der Waals surface area contributed by atoms with Crippen molar-refractivity contribution in [3.8, 4) is 0 Å². The van der Waals surface area contributed by atoms with E-state index in [-0.39, 0.29) is 11.8 Å². The van der Waals surface area contributed by atoms with E-state index >= 15 is 0 Å². The van der Waals surface area contributed by atoms with Gasteiger partial charge in [0.25, 0.3) is 0 Å². The molecule has 2 rings (SSSR count). The second-order valence-corrected chi connectivity index (χ2v) is 4.32. The summed E-state index contributed by atoms with van der Waals surface area (Å²) in [6.45, 7) is 4.04. The molecular weight excluding hydrogens is 164 g/mol. The van der Waals surface area contributed by atoms with Crippen LogP contribution in [-0.2, 0) is 4.79 Å². The molecule has 0 aromatic carbocycles. The molecule has 1 amide bonds. The first kappa shape index (κ1) is 9.00. The van der Waals surface area contributed by atoms with Gasteiger partial charge in [0.15, 0.2) is 0 Å². The summed E-state index contributed by atoms with van der Waals surface area (Å²) in [5, 5.41) is 6.35. The molecule has 2 aliphatic rings. The van der Waals surface area contributed by atoms with E-state index in [2.05, 4.69) is 17.6 Å². The predicted molar refractivity (Wildman–Crippen MR) is 51.3 cm³/mol. The summed E-state index contributed by atoms with van der Waals surface area (Å²) in [7, 11) is 0. The monoisotopic (exact) mass is 182 g/mol. The van der Waals surface area contributed by atoms with Crippen LogP contribution in [0.1, 0.15) is 26.2 Å². The minimum Gasteiger partial charge on any atom is -0.352 e. The summed E-state index contributed by atoms with van der Waals surface area (Å²) < 4.78 is 0. The van der Waals surface area contributed by atoms with Gasteiger partial charge in [0.1, 0.15) is 0 Å². The van der Waals surface area contributed by atoms with Gasteiger partial charge >= 0.3 is 0 Å². The lowest BCUT2D eigenvalue weighted by atomic mass is 10.1. The van der Waals surface area contributed by atoms with Crippen LogP contribution in [0.25, 0.3) is 0 Å². The van der Waals surface area contributed by atoms with Crippen molar-refractivity contribution in [2.24, 2.45) is 11.8 Å². The van der Waals surface area contributed by atoms with Crippen LogP contribution in [0, 0.1) is 11.8 Å². The molecule has 74 valence electrons. The van der Waals surface area contributed by atoms with Gasteiger partial charge in [0.05, 0.1) is 0 Å². The Hall–Kier alpha value is -0.570. The Balaban J connectivity index is 1.76. The van der Waals surface area contributed by atoms with Gasteiger partial charge in [0.2, 0.25) is 5.91 Å². The molecule has 0 radical (unpaired) electrons. The number of hydrogen-bond acceptors (Lipinski definition) is 2. The van der Waals surface area contributed by atoms with Gasteiger partial charge in [-0.2, -0.15) is 0 Å². The molecule has 2 atom stereocenters. The highest BCUT2D eigenvalue weighted by Gasteiger charge is 2.33. The van der Waals surface area contributed by atoms with E-state index in [0.717, 1.165) is 19.5 Å². The van der Waals surface area contributed by atoms with Crippen molar-refractivity contribution in [1.82, 2.24) is 10.6 Å². The molecule has 0 aromatic rings. The minimum atomic E-state index is 0.237. The van der Waals surface area contributed by atoms with E-state index in [9.17, 15) is 4.79 Å². The van der Waals surface area contributed by atoms with Gasteiger partial charge in [0, 0.05) is 18.5 Å². The van der Waals surface area contributed by atoms with Crippen molar-refractivity contribution >= 4 is 5.91 Å². The molecule has 2 fully saturated rings. The molecule has 2 N–H and O–H groups in total. The molecule has 1 saturated carbocycles. The second-order valence-electron chi connectivity index (χ2n) is 4.32. The summed E-state index contributed by atoms with van der Waals surface area (Å²) in [5.74, 6) is 1.17. The van der Waals surface area contributed by atoms with Crippen molar-refractivity contribution in [2.45, 2.75) is 32.2 Å². The Morgan fingerprint density at radius 2 is 2.23 bits per heavy atom. The Bertz CT molecular complexity index is 195. The van der Waals surface area contributed by atoms with Crippen LogP contribution in [0.5, 0.6) is 0 Å². The quantitative estimate of drug-likeness (QED) is 0.667. The lowest BCUT2D eigenvalue weighted by Crippen LogP contribution is -2.39. The lowest BCUT2D eigenvalue weighted by Gasteiger charge is -2.15. The molecule has 1 unspecified atom stereocenters. The largest absolute Gasteiger partial charge is 0.352 e. The molecule has 0 bridgehead atoms. The fourth-order valence-electron chi connectivity index (χ4n) is 1.92. The standard InChI is InChI=1S/C10H18N2O/c1-7(8-2-3-8)10(13)12-9-4-5-11-6-9/h7-9,11H,2-6H2,1H3,(H,12,13)/t7?,9-/m0/s1. The maximum Gasteiger partial charge on any atom is 0.223 e. The third kappa shape index (κ3) is 2.21. The van der Waals surface area contributed by atoms with Crippen LogP contribution in [0.15, 0.2) is 0 Å². The first-order valence-corrected chi connectivity index (χ1v) is 5.28. The number of carbonyl (C=O) groups excluding carboxylic acids is 1. The molecule has 1 saturated heterocycles. The average Bonchev–Trinajstić information content (AvgIpc) is 2.85. The first-order valence-electron chi connectivity index (χ1n) is 5.28. The van der Waals surface area contributed by atoms with E-state index < -0.39 is 0 Å². The molecule has 1 aliphatic heterocycles. The number of nitrogens with one attached hydrogen (secondary N) is 2. The number of amides is 1. The fraction of sp³-hybridized carbons (Fsp3) is 0.900. The van der Waals surface area contributed by atoms with Gasteiger partial charge in [-0.3, -0.25) is 4.79 Å². The van der Waals surface area contributed by atoms with Gasteiger partial charge in [-0.15, -0.1) is 0 Å². The second kappa shape index (κ2) is 3.66. The van der Waals surface area contributed by atoms with Crippen LogP contribution < -0.4 is 10.6 Å². The highest BCUT2D eigenvalue weighted by Crippen LogP contribution is 2.36. The Kier molecular flexibility index (Phi) is 2.54. The normalized spacial score (nSPS) is 30.1. The maximum absolute atomic E-state index is 11.6. The fourth-order valence-corrected chi connectivity index (χ4v) is 1.92. The molecule has 13 heavy (non-hydrogen) atoms. The average molecular weight is 182 g/mol. The molecular formula is C10H18N2O. The summed E-state index contributed by atoms with van der Waals surface area (Å²) >= 11 is 0. The summed E-state index contributed by atoms with van der Waals surface area (Å²) in [5.41, 5.74) is 0. The van der Waals surface area contributed by atoms with Gasteiger partial charge in [-0.05, 0) is 31.7 Å². The molecule has 3 heteroatoms. The number of carbonyl (C=O) groups is 1. The Morgan fingerprint density at radius 1 is 1.46 bits per heavy atom.